The molecule has 2 rings (SSSR count). The first-order valence-corrected chi connectivity index (χ1v) is 7.51. The first kappa shape index (κ1) is 18.1. The van der Waals surface area contributed by atoms with Crippen molar-refractivity contribution in [2.24, 2.45) is 5.10 Å². The van der Waals surface area contributed by atoms with E-state index in [-0.39, 0.29) is 11.4 Å². The summed E-state index contributed by atoms with van der Waals surface area (Å²) < 4.78 is 0. The largest absolute Gasteiger partial charge is 0.301 e. The van der Waals surface area contributed by atoms with Crippen LogP contribution < -0.4 is 5.43 Å². The number of nitrogens with one attached hydrogen (secondary N) is 1. The molecule has 130 valence electrons. The normalized spacial score (nSPS) is 10.9. The van der Waals surface area contributed by atoms with Crippen LogP contribution in [0.1, 0.15) is 27.8 Å². The smallest absolute Gasteiger partial charge is 0.272 e. The minimum Gasteiger partial charge on any atom is -0.272 e. The van der Waals surface area contributed by atoms with Crippen molar-refractivity contribution in [3.8, 4) is 0 Å². The fourth-order valence-electron chi connectivity index (χ4n) is 2.55. The number of hydrazone groups is 1. The van der Waals surface area contributed by atoms with E-state index in [0.29, 0.717) is 0 Å². The van der Waals surface area contributed by atoms with E-state index in [0.717, 1.165) is 28.3 Å². The molecule has 0 aliphatic rings. The number of rotatable bonds is 5. The van der Waals surface area contributed by atoms with E-state index in [4.69, 9.17) is 0 Å². The minimum atomic E-state index is -0.683. The van der Waals surface area contributed by atoms with Crippen LogP contribution in [0.4, 0.5) is 17.1 Å². The Bertz CT molecular complexity index is 891. The molecule has 0 aromatic heterocycles. The number of anilines is 1. The zero-order valence-corrected chi connectivity index (χ0v) is 14.4. The Kier molecular flexibility index (Phi) is 5.11. The number of nitrogens with zero attached hydrogens (tertiary/aromatic N) is 3. The Morgan fingerprint density at radius 3 is 2.24 bits per heavy atom. The Balaban J connectivity index is 2.33. The Hall–Kier alpha value is -3.29. The van der Waals surface area contributed by atoms with Crippen LogP contribution in [-0.2, 0) is 0 Å². The third-order valence-electron chi connectivity index (χ3n) is 4.18. The molecule has 2 aromatic rings. The molecule has 0 aliphatic carbocycles. The molecular weight excluding hydrogens is 324 g/mol. The molecular formula is C17H18N4O4. The summed E-state index contributed by atoms with van der Waals surface area (Å²) in [7, 11) is 0. The van der Waals surface area contributed by atoms with Crippen molar-refractivity contribution in [3.63, 3.8) is 0 Å². The van der Waals surface area contributed by atoms with Gasteiger partial charge < -0.3 is 0 Å². The highest BCUT2D eigenvalue weighted by molar-refractivity contribution is 5.85. The molecule has 0 unspecified atom stereocenters. The number of aryl methyl sites for hydroxylation is 2. The molecule has 8 nitrogen and oxygen atoms in total. The lowest BCUT2D eigenvalue weighted by Gasteiger charge is -2.11. The maximum Gasteiger partial charge on any atom is 0.301 e. The lowest BCUT2D eigenvalue weighted by Crippen LogP contribution is -2.01. The number of nitro groups is 2. The lowest BCUT2D eigenvalue weighted by atomic mass is 9.95. The maximum atomic E-state index is 11.1. The summed E-state index contributed by atoms with van der Waals surface area (Å²) in [4.78, 5) is 20.5. The molecule has 0 aliphatic heterocycles. The Morgan fingerprint density at radius 2 is 1.64 bits per heavy atom. The van der Waals surface area contributed by atoms with E-state index >= 15 is 0 Å². The predicted octanol–water partition coefficient (Wildman–Crippen LogP) is 4.18. The van der Waals surface area contributed by atoms with Crippen LogP contribution in [-0.4, -0.2) is 16.1 Å². The second kappa shape index (κ2) is 7.08. The summed E-state index contributed by atoms with van der Waals surface area (Å²) in [6.07, 6.45) is 1.60. The summed E-state index contributed by atoms with van der Waals surface area (Å²) in [6, 6.07) is 5.42. The van der Waals surface area contributed by atoms with Gasteiger partial charge in [0.2, 0.25) is 0 Å². The average molecular weight is 342 g/mol. The molecule has 0 fully saturated rings. The van der Waals surface area contributed by atoms with Crippen molar-refractivity contribution in [1.82, 2.24) is 0 Å². The first-order chi connectivity index (χ1) is 11.7. The van der Waals surface area contributed by atoms with Crippen LogP contribution >= 0.6 is 0 Å². The second-order valence-corrected chi connectivity index (χ2v) is 5.76. The first-order valence-electron chi connectivity index (χ1n) is 7.51. The molecule has 0 radical (unpaired) electrons. The van der Waals surface area contributed by atoms with Crippen molar-refractivity contribution in [3.05, 3.63) is 72.3 Å². The molecule has 0 saturated carbocycles. The van der Waals surface area contributed by atoms with E-state index in [2.05, 4.69) is 16.6 Å². The van der Waals surface area contributed by atoms with E-state index in [1.165, 1.54) is 17.7 Å². The molecule has 0 atom stereocenters. The van der Waals surface area contributed by atoms with Gasteiger partial charge in [-0.05, 0) is 56.0 Å². The van der Waals surface area contributed by atoms with Crippen LogP contribution in [0.25, 0.3) is 0 Å². The van der Waals surface area contributed by atoms with Crippen molar-refractivity contribution >= 4 is 23.3 Å². The van der Waals surface area contributed by atoms with Crippen LogP contribution in [0.3, 0.4) is 0 Å². The zero-order valence-electron chi connectivity index (χ0n) is 14.4. The SMILES string of the molecule is Cc1cc(C)c(/C=N/Nc2ccc([N+](=O)[O-])cc2[N+](=O)[O-])c(C)c1C. The van der Waals surface area contributed by atoms with Gasteiger partial charge in [0.25, 0.3) is 5.69 Å². The quantitative estimate of drug-likeness (QED) is 0.498. The van der Waals surface area contributed by atoms with Crippen LogP contribution in [0.15, 0.2) is 29.4 Å². The van der Waals surface area contributed by atoms with Gasteiger partial charge in [0.05, 0.1) is 22.1 Å². The van der Waals surface area contributed by atoms with Gasteiger partial charge in [-0.3, -0.25) is 25.7 Å². The summed E-state index contributed by atoms with van der Waals surface area (Å²) in [6.45, 7) is 8.02. The number of hydrogen-bond donors (Lipinski definition) is 1. The molecule has 25 heavy (non-hydrogen) atoms. The van der Waals surface area contributed by atoms with Gasteiger partial charge in [-0.1, -0.05) is 6.07 Å². The van der Waals surface area contributed by atoms with Gasteiger partial charge in [0.15, 0.2) is 0 Å². The molecule has 0 bridgehead atoms. The number of hydrogen-bond acceptors (Lipinski definition) is 6. The van der Waals surface area contributed by atoms with Gasteiger partial charge >= 0.3 is 5.69 Å². The number of benzene rings is 2. The lowest BCUT2D eigenvalue weighted by molar-refractivity contribution is -0.393. The van der Waals surface area contributed by atoms with Gasteiger partial charge in [-0.15, -0.1) is 0 Å². The molecule has 0 spiro atoms. The van der Waals surface area contributed by atoms with Gasteiger partial charge in [-0.25, -0.2) is 0 Å². The predicted molar refractivity (Wildman–Crippen MR) is 96.4 cm³/mol. The number of non-ortho nitro benzene ring substituents is 1. The van der Waals surface area contributed by atoms with Crippen molar-refractivity contribution in [1.29, 1.82) is 0 Å². The fraction of sp³-hybridized carbons (Fsp3) is 0.235. The van der Waals surface area contributed by atoms with Crippen molar-refractivity contribution in [2.75, 3.05) is 5.43 Å². The van der Waals surface area contributed by atoms with Gasteiger partial charge in [-0.2, -0.15) is 5.10 Å². The maximum absolute atomic E-state index is 11.1. The van der Waals surface area contributed by atoms with Crippen LogP contribution in [0.2, 0.25) is 0 Å². The zero-order chi connectivity index (χ0) is 18.7. The molecule has 1 N–H and O–H groups in total. The molecule has 0 saturated heterocycles. The summed E-state index contributed by atoms with van der Waals surface area (Å²) >= 11 is 0. The highest BCUT2D eigenvalue weighted by Crippen LogP contribution is 2.29. The second-order valence-electron chi connectivity index (χ2n) is 5.76. The van der Waals surface area contributed by atoms with E-state index in [1.54, 1.807) is 6.21 Å². The fourth-order valence-corrected chi connectivity index (χ4v) is 2.55. The van der Waals surface area contributed by atoms with Crippen LogP contribution in [0, 0.1) is 47.9 Å². The monoisotopic (exact) mass is 342 g/mol. The van der Waals surface area contributed by atoms with E-state index < -0.39 is 15.5 Å². The topological polar surface area (TPSA) is 111 Å². The minimum absolute atomic E-state index is 0.0889. The summed E-state index contributed by atoms with van der Waals surface area (Å²) in [5.74, 6) is 0. The van der Waals surface area contributed by atoms with Crippen LogP contribution in [0.5, 0.6) is 0 Å². The van der Waals surface area contributed by atoms with Crippen molar-refractivity contribution in [2.45, 2.75) is 27.7 Å². The summed E-state index contributed by atoms with van der Waals surface area (Å²) in [5.41, 5.74) is 7.35. The highest BCUT2D eigenvalue weighted by Gasteiger charge is 2.19. The number of nitro benzene ring substituents is 2. The Labute approximate surface area is 144 Å². The molecule has 0 amide bonds. The molecule has 0 heterocycles. The van der Waals surface area contributed by atoms with Gasteiger partial charge in [0.1, 0.15) is 5.69 Å². The van der Waals surface area contributed by atoms with E-state index in [1.807, 2.05) is 27.7 Å². The third kappa shape index (κ3) is 3.79. The molecule has 2 aromatic carbocycles. The van der Waals surface area contributed by atoms with Crippen molar-refractivity contribution < 1.29 is 9.85 Å². The molecule has 8 heteroatoms. The average Bonchev–Trinajstić information content (AvgIpc) is 2.55. The third-order valence-corrected chi connectivity index (χ3v) is 4.18. The standard InChI is InChI=1S/C17H18N4O4/c1-10-7-11(2)15(13(4)12(10)3)9-18-19-16-6-5-14(20(22)23)8-17(16)21(24)25/h5-9,19H,1-4H3/b18-9+. The summed E-state index contributed by atoms with van der Waals surface area (Å²) in [5, 5.41) is 25.9. The van der Waals surface area contributed by atoms with Gasteiger partial charge in [0, 0.05) is 11.6 Å². The van der Waals surface area contributed by atoms with E-state index in [9.17, 15) is 20.2 Å². The highest BCUT2D eigenvalue weighted by atomic mass is 16.6. The Morgan fingerprint density at radius 1 is 0.960 bits per heavy atom.